The van der Waals surface area contributed by atoms with Crippen LogP contribution in [0, 0.1) is 5.92 Å². The van der Waals surface area contributed by atoms with Crippen molar-refractivity contribution in [3.8, 4) is 0 Å². The van der Waals surface area contributed by atoms with E-state index in [-0.39, 0.29) is 31.2 Å². The number of hydrogen-bond donors (Lipinski definition) is 1. The highest BCUT2D eigenvalue weighted by Crippen LogP contribution is 2.50. The van der Waals surface area contributed by atoms with Crippen molar-refractivity contribution in [1.82, 2.24) is 9.88 Å². The summed E-state index contributed by atoms with van der Waals surface area (Å²) in [5, 5.41) is 1.19. The van der Waals surface area contributed by atoms with Crippen LogP contribution in [0.5, 0.6) is 0 Å². The van der Waals surface area contributed by atoms with Gasteiger partial charge in [0.15, 0.2) is 0 Å². The molecular formula is C27H28N2O4. The Labute approximate surface area is 193 Å². The maximum Gasteiger partial charge on any atom is 0.336 e. The highest BCUT2D eigenvalue weighted by atomic mass is 16.5. The molecule has 6 nitrogen and oxygen atoms in total. The maximum atomic E-state index is 13.5. The van der Waals surface area contributed by atoms with E-state index in [0.29, 0.717) is 12.1 Å². The van der Waals surface area contributed by atoms with Crippen molar-refractivity contribution in [2.24, 2.45) is 5.92 Å². The van der Waals surface area contributed by atoms with Crippen LogP contribution in [0.1, 0.15) is 42.6 Å². The molecule has 3 heterocycles. The normalized spacial score (nSPS) is 21.7. The summed E-state index contributed by atoms with van der Waals surface area (Å²) in [4.78, 5) is 32.3. The van der Waals surface area contributed by atoms with Crippen molar-refractivity contribution in [1.29, 1.82) is 0 Å². The molecule has 33 heavy (non-hydrogen) atoms. The van der Waals surface area contributed by atoms with Crippen molar-refractivity contribution in [3.05, 3.63) is 83.2 Å². The highest BCUT2D eigenvalue weighted by molar-refractivity contribution is 5.93. The molecular weight excluding hydrogens is 416 g/mol. The van der Waals surface area contributed by atoms with Crippen LogP contribution in [0.2, 0.25) is 0 Å². The fourth-order valence-corrected chi connectivity index (χ4v) is 5.40. The lowest BCUT2D eigenvalue weighted by Gasteiger charge is -2.46. The first-order valence-electron chi connectivity index (χ1n) is 11.6. The van der Waals surface area contributed by atoms with Crippen LogP contribution in [-0.4, -0.2) is 41.6 Å². The number of H-pyrrole nitrogens is 1. The van der Waals surface area contributed by atoms with Crippen LogP contribution in [-0.2, 0) is 25.5 Å². The zero-order valence-electron chi connectivity index (χ0n) is 18.9. The summed E-state index contributed by atoms with van der Waals surface area (Å²) < 4.78 is 11.0. The molecule has 3 aromatic rings. The molecule has 0 unspecified atom stereocenters. The molecule has 0 aliphatic carbocycles. The number of aromatic amines is 1. The molecule has 0 bridgehead atoms. The third-order valence-electron chi connectivity index (χ3n) is 6.69. The monoisotopic (exact) mass is 444 g/mol. The van der Waals surface area contributed by atoms with Crippen molar-refractivity contribution in [2.45, 2.75) is 32.2 Å². The van der Waals surface area contributed by atoms with Gasteiger partial charge in [0.25, 0.3) is 0 Å². The van der Waals surface area contributed by atoms with Crippen LogP contribution >= 0.6 is 0 Å². The van der Waals surface area contributed by atoms with E-state index in [1.165, 1.54) is 10.9 Å². The Balaban J connectivity index is 1.72. The molecule has 0 amide bonds. The summed E-state index contributed by atoms with van der Waals surface area (Å²) in [6, 6.07) is 17.7. The van der Waals surface area contributed by atoms with Crippen LogP contribution < -0.4 is 0 Å². The number of fused-ring (bicyclic) bond motifs is 5. The van der Waals surface area contributed by atoms with E-state index in [0.717, 1.165) is 23.2 Å². The summed E-state index contributed by atoms with van der Waals surface area (Å²) in [5.74, 6) is -1.75. The SMILES string of the molecule is CCOC(=O)C1=CN2CCc3c([nH]c4ccccc34)[C@H]2[C@H](C(=O)OCC)[C@@H]1c1ccccc1. The van der Waals surface area contributed by atoms with Crippen molar-refractivity contribution in [2.75, 3.05) is 19.8 Å². The lowest BCUT2D eigenvalue weighted by molar-refractivity contribution is -0.152. The number of esters is 2. The van der Waals surface area contributed by atoms with E-state index in [4.69, 9.17) is 9.47 Å². The molecule has 2 aliphatic rings. The van der Waals surface area contributed by atoms with Gasteiger partial charge in [-0.15, -0.1) is 0 Å². The smallest absolute Gasteiger partial charge is 0.336 e. The van der Waals surface area contributed by atoms with Gasteiger partial charge in [-0.3, -0.25) is 4.79 Å². The van der Waals surface area contributed by atoms with Crippen LogP contribution in [0.25, 0.3) is 10.9 Å². The quantitative estimate of drug-likeness (QED) is 0.587. The minimum absolute atomic E-state index is 0.261. The predicted molar refractivity (Wildman–Crippen MR) is 125 cm³/mol. The van der Waals surface area contributed by atoms with Crippen LogP contribution in [0.3, 0.4) is 0 Å². The molecule has 1 N–H and O–H groups in total. The molecule has 0 spiro atoms. The van der Waals surface area contributed by atoms with Gasteiger partial charge in [-0.05, 0) is 37.5 Å². The van der Waals surface area contributed by atoms with Gasteiger partial charge in [-0.1, -0.05) is 48.5 Å². The minimum Gasteiger partial charge on any atom is -0.466 e. The number of aromatic nitrogens is 1. The topological polar surface area (TPSA) is 71.6 Å². The third-order valence-corrected chi connectivity index (χ3v) is 6.69. The molecule has 0 saturated carbocycles. The van der Waals surface area contributed by atoms with Gasteiger partial charge < -0.3 is 19.4 Å². The number of carbonyl (C=O) groups is 2. The molecule has 6 heteroatoms. The fraction of sp³-hybridized carbons (Fsp3) is 0.333. The van der Waals surface area contributed by atoms with Gasteiger partial charge in [0.2, 0.25) is 0 Å². The van der Waals surface area contributed by atoms with Gasteiger partial charge in [0.1, 0.15) is 0 Å². The highest BCUT2D eigenvalue weighted by Gasteiger charge is 2.50. The molecule has 0 saturated heterocycles. The molecule has 3 atom stereocenters. The summed E-state index contributed by atoms with van der Waals surface area (Å²) in [6.07, 6.45) is 2.73. The summed E-state index contributed by atoms with van der Waals surface area (Å²) in [7, 11) is 0. The first kappa shape index (κ1) is 21.3. The second kappa shape index (κ2) is 8.77. The first-order valence-corrected chi connectivity index (χ1v) is 11.6. The van der Waals surface area contributed by atoms with E-state index < -0.39 is 11.8 Å². The molecule has 1 aromatic heterocycles. The van der Waals surface area contributed by atoms with Crippen molar-refractivity contribution in [3.63, 3.8) is 0 Å². The maximum absolute atomic E-state index is 13.5. The average Bonchev–Trinajstić information content (AvgIpc) is 3.22. The molecule has 0 fully saturated rings. The number of hydrogen-bond acceptors (Lipinski definition) is 5. The van der Waals surface area contributed by atoms with Gasteiger partial charge in [-0.25, -0.2) is 4.79 Å². The van der Waals surface area contributed by atoms with Crippen LogP contribution in [0.4, 0.5) is 0 Å². The van der Waals surface area contributed by atoms with Gasteiger partial charge >= 0.3 is 11.9 Å². The second-order valence-electron chi connectivity index (χ2n) is 8.47. The van der Waals surface area contributed by atoms with E-state index in [2.05, 4.69) is 22.0 Å². The Hall–Kier alpha value is -3.54. The lowest BCUT2D eigenvalue weighted by atomic mass is 9.71. The van der Waals surface area contributed by atoms with Gasteiger partial charge in [-0.2, -0.15) is 0 Å². The Bertz CT molecular complexity index is 1210. The minimum atomic E-state index is -0.594. The average molecular weight is 445 g/mol. The van der Waals surface area contributed by atoms with Crippen molar-refractivity contribution < 1.29 is 19.1 Å². The summed E-state index contributed by atoms with van der Waals surface area (Å²) in [5.41, 5.74) is 4.72. The molecule has 5 rings (SSSR count). The van der Waals surface area contributed by atoms with E-state index in [1.807, 2.05) is 55.6 Å². The molecule has 2 aliphatic heterocycles. The molecule has 0 radical (unpaired) electrons. The molecule has 2 aromatic carbocycles. The number of nitrogens with one attached hydrogen (secondary N) is 1. The Morgan fingerprint density at radius 3 is 2.48 bits per heavy atom. The predicted octanol–water partition coefficient (Wildman–Crippen LogP) is 4.49. The van der Waals surface area contributed by atoms with Crippen LogP contribution in [0.15, 0.2) is 66.4 Å². The lowest BCUT2D eigenvalue weighted by Crippen LogP contribution is -2.47. The van der Waals surface area contributed by atoms with E-state index in [1.54, 1.807) is 6.92 Å². The summed E-state index contributed by atoms with van der Waals surface area (Å²) >= 11 is 0. The Morgan fingerprint density at radius 2 is 1.73 bits per heavy atom. The van der Waals surface area contributed by atoms with Gasteiger partial charge in [0.05, 0.1) is 30.7 Å². The largest absolute Gasteiger partial charge is 0.466 e. The number of benzene rings is 2. The zero-order chi connectivity index (χ0) is 22.9. The number of carbonyl (C=O) groups excluding carboxylic acids is 2. The standard InChI is InChI=1S/C27H28N2O4/c1-3-32-26(30)20-16-29-15-14-19-18-12-8-9-13-21(18)28-24(19)25(29)23(27(31)33-4-2)22(20)17-10-6-5-7-11-17/h5-13,16,22-23,25,28H,3-4,14-15H2,1-2H3/t22-,23-,25-/m1/s1. The van der Waals surface area contributed by atoms with Crippen molar-refractivity contribution >= 4 is 22.8 Å². The Kier molecular flexibility index (Phi) is 5.67. The fourth-order valence-electron chi connectivity index (χ4n) is 5.40. The number of para-hydroxylation sites is 1. The number of nitrogens with zero attached hydrogens (tertiary/aromatic N) is 1. The molecule has 170 valence electrons. The Morgan fingerprint density at radius 1 is 1.00 bits per heavy atom. The zero-order valence-corrected chi connectivity index (χ0v) is 18.9. The third kappa shape index (κ3) is 3.59. The number of rotatable bonds is 5. The second-order valence-corrected chi connectivity index (χ2v) is 8.47. The first-order chi connectivity index (χ1) is 16.1. The summed E-state index contributed by atoms with van der Waals surface area (Å²) in [6.45, 7) is 4.87. The van der Waals surface area contributed by atoms with E-state index in [9.17, 15) is 9.59 Å². The van der Waals surface area contributed by atoms with Gasteiger partial charge in [0, 0.05) is 35.3 Å². The number of ether oxygens (including phenoxy) is 2. The van der Waals surface area contributed by atoms with E-state index >= 15 is 0 Å².